The summed E-state index contributed by atoms with van der Waals surface area (Å²) in [5, 5.41) is 12.2. The van der Waals surface area contributed by atoms with Crippen LogP contribution in [0.1, 0.15) is 21.5 Å². The Balaban J connectivity index is 1.98. The van der Waals surface area contributed by atoms with E-state index in [0.717, 1.165) is 15.6 Å². The average Bonchev–Trinajstić information content (AvgIpc) is 2.54. The van der Waals surface area contributed by atoms with Gasteiger partial charge in [-0.3, -0.25) is 0 Å². The molecule has 0 atom stereocenters. The van der Waals surface area contributed by atoms with Crippen molar-refractivity contribution in [2.24, 2.45) is 0 Å². The van der Waals surface area contributed by atoms with Gasteiger partial charge in [0.05, 0.1) is 24.3 Å². The number of hydrogen-bond donors (Lipinski definition) is 2. The molecule has 0 aliphatic rings. The number of carbonyl (C=O) groups is 1. The minimum Gasteiger partial charge on any atom is -0.493 e. The van der Waals surface area contributed by atoms with Gasteiger partial charge in [0.15, 0.2) is 11.5 Å². The normalized spacial score (nSPS) is 10.4. The van der Waals surface area contributed by atoms with E-state index in [0.29, 0.717) is 24.6 Å². The van der Waals surface area contributed by atoms with Gasteiger partial charge in [-0.1, -0.05) is 12.1 Å². The Morgan fingerprint density at radius 3 is 2.30 bits per heavy atom. The molecular formula is C17H18BrNO4. The highest BCUT2D eigenvalue weighted by atomic mass is 79.9. The van der Waals surface area contributed by atoms with Crippen LogP contribution in [0.3, 0.4) is 0 Å². The molecule has 0 fully saturated rings. The van der Waals surface area contributed by atoms with Crippen LogP contribution in [0.25, 0.3) is 0 Å². The van der Waals surface area contributed by atoms with Crippen LogP contribution >= 0.6 is 15.9 Å². The number of aromatic carboxylic acids is 1. The van der Waals surface area contributed by atoms with Crippen molar-refractivity contribution in [3.8, 4) is 11.5 Å². The highest BCUT2D eigenvalue weighted by Crippen LogP contribution is 2.36. The number of methoxy groups -OCH3 is 2. The first kappa shape index (κ1) is 17.3. The lowest BCUT2D eigenvalue weighted by Crippen LogP contribution is -2.13. The van der Waals surface area contributed by atoms with Crippen LogP contribution in [-0.2, 0) is 13.1 Å². The summed E-state index contributed by atoms with van der Waals surface area (Å²) < 4.78 is 11.4. The molecule has 6 heteroatoms. The summed E-state index contributed by atoms with van der Waals surface area (Å²) in [6, 6.07) is 10.7. The van der Waals surface area contributed by atoms with Gasteiger partial charge in [0.2, 0.25) is 0 Å². The summed E-state index contributed by atoms with van der Waals surface area (Å²) in [6.07, 6.45) is 0. The number of hydrogen-bond acceptors (Lipinski definition) is 4. The Labute approximate surface area is 143 Å². The number of ether oxygens (including phenoxy) is 2. The van der Waals surface area contributed by atoms with Gasteiger partial charge in [-0.2, -0.15) is 0 Å². The first-order valence-corrected chi connectivity index (χ1v) is 7.77. The molecule has 0 bridgehead atoms. The van der Waals surface area contributed by atoms with Crippen LogP contribution in [-0.4, -0.2) is 25.3 Å². The number of rotatable bonds is 7. The quantitative estimate of drug-likeness (QED) is 0.770. The Hall–Kier alpha value is -2.05. The molecule has 0 heterocycles. The molecule has 0 amide bonds. The molecule has 0 unspecified atom stereocenters. The standard InChI is InChI=1S/C17H18BrNO4/c1-22-15-8-12(7-14(18)16(15)23-2)10-19-9-11-3-5-13(6-4-11)17(20)21/h3-8,19H,9-10H2,1-2H3,(H,20,21). The summed E-state index contributed by atoms with van der Waals surface area (Å²) in [6.45, 7) is 1.30. The van der Waals surface area contributed by atoms with E-state index < -0.39 is 5.97 Å². The van der Waals surface area contributed by atoms with Crippen molar-refractivity contribution in [2.75, 3.05) is 14.2 Å². The van der Waals surface area contributed by atoms with E-state index >= 15 is 0 Å². The highest BCUT2D eigenvalue weighted by Gasteiger charge is 2.10. The molecule has 2 aromatic carbocycles. The van der Waals surface area contributed by atoms with Crippen molar-refractivity contribution < 1.29 is 19.4 Å². The van der Waals surface area contributed by atoms with Crippen LogP contribution in [0.4, 0.5) is 0 Å². The van der Waals surface area contributed by atoms with Crippen LogP contribution in [0, 0.1) is 0 Å². The lowest BCUT2D eigenvalue weighted by Gasteiger charge is -2.12. The van der Waals surface area contributed by atoms with Crippen molar-refractivity contribution in [3.63, 3.8) is 0 Å². The smallest absolute Gasteiger partial charge is 0.335 e. The van der Waals surface area contributed by atoms with Crippen molar-refractivity contribution in [1.82, 2.24) is 5.32 Å². The Morgan fingerprint density at radius 1 is 1.09 bits per heavy atom. The maximum atomic E-state index is 10.8. The predicted octanol–water partition coefficient (Wildman–Crippen LogP) is 3.45. The maximum absolute atomic E-state index is 10.8. The molecule has 23 heavy (non-hydrogen) atoms. The molecule has 2 aromatic rings. The summed E-state index contributed by atoms with van der Waals surface area (Å²) in [5.41, 5.74) is 2.36. The largest absolute Gasteiger partial charge is 0.493 e. The monoisotopic (exact) mass is 379 g/mol. The van der Waals surface area contributed by atoms with Gasteiger partial charge in [-0.05, 0) is 51.3 Å². The fraction of sp³-hybridized carbons (Fsp3) is 0.235. The van der Waals surface area contributed by atoms with E-state index in [1.165, 1.54) is 0 Å². The van der Waals surface area contributed by atoms with Gasteiger partial charge in [0.1, 0.15) is 0 Å². The fourth-order valence-electron chi connectivity index (χ4n) is 2.19. The van der Waals surface area contributed by atoms with Gasteiger partial charge in [0.25, 0.3) is 0 Å². The number of carboxylic acid groups (broad SMARTS) is 1. The summed E-state index contributed by atoms with van der Waals surface area (Å²) in [4.78, 5) is 10.8. The molecular weight excluding hydrogens is 362 g/mol. The third-order valence-corrected chi connectivity index (χ3v) is 3.94. The van der Waals surface area contributed by atoms with Gasteiger partial charge in [-0.25, -0.2) is 4.79 Å². The predicted molar refractivity (Wildman–Crippen MR) is 91.2 cm³/mol. The Kier molecular flexibility index (Phi) is 6.01. The number of benzene rings is 2. The number of halogens is 1. The highest BCUT2D eigenvalue weighted by molar-refractivity contribution is 9.10. The molecule has 2 rings (SSSR count). The molecule has 5 nitrogen and oxygen atoms in total. The van der Waals surface area contributed by atoms with Gasteiger partial charge < -0.3 is 19.9 Å². The second kappa shape index (κ2) is 7.99. The first-order chi connectivity index (χ1) is 11.0. The molecule has 122 valence electrons. The van der Waals surface area contributed by atoms with E-state index in [1.807, 2.05) is 12.1 Å². The minimum atomic E-state index is -0.917. The SMILES string of the molecule is COc1cc(CNCc2ccc(C(=O)O)cc2)cc(Br)c1OC. The van der Waals surface area contributed by atoms with Crippen LogP contribution in [0.15, 0.2) is 40.9 Å². The van der Waals surface area contributed by atoms with E-state index in [2.05, 4.69) is 21.2 Å². The molecule has 0 aromatic heterocycles. The van der Waals surface area contributed by atoms with E-state index in [1.54, 1.807) is 38.5 Å². The summed E-state index contributed by atoms with van der Waals surface area (Å²) >= 11 is 3.47. The Morgan fingerprint density at radius 2 is 1.74 bits per heavy atom. The molecule has 0 saturated carbocycles. The zero-order valence-corrected chi connectivity index (χ0v) is 14.5. The second-order valence-electron chi connectivity index (χ2n) is 4.92. The van der Waals surface area contributed by atoms with Crippen molar-refractivity contribution in [3.05, 3.63) is 57.6 Å². The van der Waals surface area contributed by atoms with Crippen molar-refractivity contribution >= 4 is 21.9 Å². The number of carboxylic acids is 1. The molecule has 0 radical (unpaired) electrons. The minimum absolute atomic E-state index is 0.289. The summed E-state index contributed by atoms with van der Waals surface area (Å²) in [7, 11) is 3.20. The molecule has 0 spiro atoms. The Bertz CT molecular complexity index is 686. The van der Waals surface area contributed by atoms with Gasteiger partial charge >= 0.3 is 5.97 Å². The van der Waals surface area contributed by atoms with Crippen molar-refractivity contribution in [1.29, 1.82) is 0 Å². The van der Waals surface area contributed by atoms with Crippen LogP contribution < -0.4 is 14.8 Å². The molecule has 2 N–H and O–H groups in total. The van der Waals surface area contributed by atoms with E-state index in [9.17, 15) is 4.79 Å². The lowest BCUT2D eigenvalue weighted by molar-refractivity contribution is 0.0697. The average molecular weight is 380 g/mol. The first-order valence-electron chi connectivity index (χ1n) is 6.98. The third-order valence-electron chi connectivity index (χ3n) is 3.35. The van der Waals surface area contributed by atoms with Crippen LogP contribution in [0.2, 0.25) is 0 Å². The maximum Gasteiger partial charge on any atom is 0.335 e. The summed E-state index contributed by atoms with van der Waals surface area (Å²) in [5.74, 6) is 0.421. The molecule has 0 aliphatic carbocycles. The topological polar surface area (TPSA) is 67.8 Å². The molecule has 0 aliphatic heterocycles. The van der Waals surface area contributed by atoms with Gasteiger partial charge in [0, 0.05) is 13.1 Å². The zero-order valence-electron chi connectivity index (χ0n) is 12.9. The van der Waals surface area contributed by atoms with Crippen molar-refractivity contribution in [2.45, 2.75) is 13.1 Å². The molecule has 0 saturated heterocycles. The lowest BCUT2D eigenvalue weighted by atomic mass is 10.1. The van der Waals surface area contributed by atoms with Gasteiger partial charge in [-0.15, -0.1) is 0 Å². The van der Waals surface area contributed by atoms with E-state index in [-0.39, 0.29) is 5.56 Å². The zero-order chi connectivity index (χ0) is 16.8. The second-order valence-corrected chi connectivity index (χ2v) is 5.77. The fourth-order valence-corrected chi connectivity index (χ4v) is 2.84. The third kappa shape index (κ3) is 4.46. The van der Waals surface area contributed by atoms with Crippen LogP contribution in [0.5, 0.6) is 11.5 Å². The van der Waals surface area contributed by atoms with E-state index in [4.69, 9.17) is 14.6 Å². The number of nitrogens with one attached hydrogen (secondary N) is 1.